The van der Waals surface area contributed by atoms with E-state index < -0.39 is 5.91 Å². The van der Waals surface area contributed by atoms with E-state index in [1.165, 1.54) is 7.11 Å². The van der Waals surface area contributed by atoms with Gasteiger partial charge in [-0.2, -0.15) is 0 Å². The number of methoxy groups -OCH3 is 1. The fourth-order valence-corrected chi connectivity index (χ4v) is 6.44. The number of carbonyl (C=O) groups is 2. The number of carbonyl (C=O) groups excluding carboxylic acids is 2. The van der Waals surface area contributed by atoms with Gasteiger partial charge in [-0.25, -0.2) is 9.97 Å². The summed E-state index contributed by atoms with van der Waals surface area (Å²) in [5.41, 5.74) is 8.05. The number of hydrogen-bond acceptors (Lipinski definition) is 10. The minimum atomic E-state index is -0.518. The zero-order valence-electron chi connectivity index (χ0n) is 24.5. The quantitative estimate of drug-likeness (QED) is 0.339. The molecule has 42 heavy (non-hydrogen) atoms. The molecule has 0 bridgehead atoms. The van der Waals surface area contributed by atoms with Crippen LogP contribution in [0.5, 0.6) is 0 Å². The summed E-state index contributed by atoms with van der Waals surface area (Å²) in [5.74, 6) is -0.666. The first kappa shape index (κ1) is 32.2. The van der Waals surface area contributed by atoms with Gasteiger partial charge in [0.2, 0.25) is 0 Å². The number of nitrogens with zero attached hydrogens (tertiary/aromatic N) is 5. The summed E-state index contributed by atoms with van der Waals surface area (Å²) < 4.78 is 4.98. The number of piperazine rings is 1. The lowest BCUT2D eigenvalue weighted by Gasteiger charge is -2.47. The topological polar surface area (TPSA) is 137 Å². The number of aromatic nitrogens is 2. The molecule has 2 saturated heterocycles. The van der Waals surface area contributed by atoms with E-state index in [4.69, 9.17) is 38.8 Å². The van der Waals surface area contributed by atoms with Crippen LogP contribution in [0.4, 0.5) is 11.6 Å². The highest BCUT2D eigenvalue weighted by Crippen LogP contribution is 2.31. The highest BCUT2D eigenvalue weighted by molar-refractivity contribution is 6.32. The zero-order chi connectivity index (χ0) is 30.4. The van der Waals surface area contributed by atoms with Crippen molar-refractivity contribution in [3.8, 4) is 0 Å². The number of rotatable bonds is 10. The number of esters is 1. The number of benzene rings is 1. The fourth-order valence-electron chi connectivity index (χ4n) is 6.01. The van der Waals surface area contributed by atoms with E-state index in [1.54, 1.807) is 0 Å². The molecule has 0 spiro atoms. The number of nitrogen functional groups attached to an aromatic ring is 1. The summed E-state index contributed by atoms with van der Waals surface area (Å²) in [6, 6.07) is 6.55. The largest absolute Gasteiger partial charge is 0.469 e. The summed E-state index contributed by atoms with van der Waals surface area (Å²) in [6.07, 6.45) is 3.08. The van der Waals surface area contributed by atoms with Gasteiger partial charge in [-0.1, -0.05) is 36.2 Å². The minimum Gasteiger partial charge on any atom is -0.469 e. The highest BCUT2D eigenvalue weighted by atomic mass is 35.5. The Morgan fingerprint density at radius 1 is 1.19 bits per heavy atom. The maximum Gasteiger partial charge on any atom is 0.312 e. The molecule has 1 amide bonds. The molecule has 4 rings (SSSR count). The number of nitrogens with one attached hydrogen (secondary N) is 1. The third kappa shape index (κ3) is 7.44. The first-order valence-electron chi connectivity index (χ1n) is 14.5. The molecule has 2 aromatic rings. The van der Waals surface area contributed by atoms with Gasteiger partial charge in [-0.05, 0) is 62.5 Å². The smallest absolute Gasteiger partial charge is 0.312 e. The Balaban J connectivity index is 1.37. The molecule has 1 aromatic heterocycles. The van der Waals surface area contributed by atoms with Crippen LogP contribution in [0, 0.1) is 0 Å². The maximum atomic E-state index is 12.3. The van der Waals surface area contributed by atoms with Crippen molar-refractivity contribution in [3.05, 3.63) is 45.2 Å². The first-order chi connectivity index (χ1) is 20.2. The van der Waals surface area contributed by atoms with E-state index in [9.17, 15) is 9.59 Å². The molecule has 2 fully saturated rings. The van der Waals surface area contributed by atoms with Crippen LogP contribution < -0.4 is 16.0 Å². The molecule has 0 aliphatic carbocycles. The van der Waals surface area contributed by atoms with Gasteiger partial charge < -0.3 is 25.8 Å². The Morgan fingerprint density at radius 2 is 1.93 bits per heavy atom. The molecule has 2 unspecified atom stereocenters. The van der Waals surface area contributed by atoms with Gasteiger partial charge in [0.1, 0.15) is 0 Å². The van der Waals surface area contributed by atoms with Crippen molar-refractivity contribution in [2.24, 2.45) is 0 Å². The van der Waals surface area contributed by atoms with Crippen LogP contribution >= 0.6 is 23.2 Å². The molecule has 1 aromatic carbocycles. The van der Waals surface area contributed by atoms with Gasteiger partial charge in [-0.15, -0.1) is 0 Å². The van der Waals surface area contributed by atoms with Crippen molar-refractivity contribution in [2.75, 3.05) is 63.6 Å². The lowest BCUT2D eigenvalue weighted by molar-refractivity contribution is -0.142. The SMILES string of the molecule is CCC1CN(c2nc(N)c(C(=O)NCCO)nc2Cl)CCN1C1CCN(Cc2ccc(Cl)cc2C(C)C(=O)OC)CC1. The second-order valence-electron chi connectivity index (χ2n) is 10.9. The standard InChI is InChI=1S/C29H41Cl2N7O4/c1-4-21-17-37(27-25(31)34-24(26(32)35-27)28(40)33-9-14-39)12-13-38(21)22-7-10-36(11-8-22)16-19-5-6-20(30)15-23(19)18(2)29(41)42-3/h5-6,15,18,21-22,39H,4,7-14,16-17H2,1-3H3,(H2,32,35)(H,33,40). The minimum absolute atomic E-state index is 0.0116. The molecule has 2 aliphatic rings. The predicted octanol–water partition coefficient (Wildman–Crippen LogP) is 2.93. The normalized spacial score (nSPS) is 19.5. The Morgan fingerprint density at radius 3 is 2.60 bits per heavy atom. The maximum absolute atomic E-state index is 12.3. The summed E-state index contributed by atoms with van der Waals surface area (Å²) in [6.45, 7) is 8.96. The Labute approximate surface area is 257 Å². The van der Waals surface area contributed by atoms with Crippen molar-refractivity contribution in [1.82, 2.24) is 25.1 Å². The van der Waals surface area contributed by atoms with E-state index in [1.807, 2.05) is 25.1 Å². The molecule has 2 atom stereocenters. The van der Waals surface area contributed by atoms with E-state index >= 15 is 0 Å². The number of halogens is 2. The van der Waals surface area contributed by atoms with E-state index in [0.29, 0.717) is 22.9 Å². The number of aliphatic hydroxyl groups is 1. The van der Waals surface area contributed by atoms with Crippen LogP contribution in [0.1, 0.15) is 60.6 Å². The Bertz CT molecular complexity index is 1260. The summed E-state index contributed by atoms with van der Waals surface area (Å²) in [7, 11) is 1.41. The lowest BCUT2D eigenvalue weighted by Crippen LogP contribution is -2.58. The molecular weight excluding hydrogens is 581 g/mol. The number of amides is 1. The molecule has 13 heteroatoms. The number of nitrogens with two attached hydrogens (primary N) is 1. The summed E-state index contributed by atoms with van der Waals surface area (Å²) in [4.78, 5) is 40.4. The zero-order valence-corrected chi connectivity index (χ0v) is 26.0. The van der Waals surface area contributed by atoms with Gasteiger partial charge in [0.05, 0.1) is 19.6 Å². The third-order valence-corrected chi connectivity index (χ3v) is 8.81. The molecule has 0 saturated carbocycles. The molecule has 4 N–H and O–H groups in total. The van der Waals surface area contributed by atoms with Gasteiger partial charge in [0.25, 0.3) is 5.91 Å². The van der Waals surface area contributed by atoms with Crippen molar-refractivity contribution >= 4 is 46.7 Å². The molecule has 0 radical (unpaired) electrons. The number of piperidine rings is 1. The fraction of sp³-hybridized carbons (Fsp3) is 0.586. The Kier molecular flexibility index (Phi) is 11.2. The number of hydrogen-bond donors (Lipinski definition) is 3. The molecule has 230 valence electrons. The molecule has 11 nitrogen and oxygen atoms in total. The molecule has 2 aliphatic heterocycles. The summed E-state index contributed by atoms with van der Waals surface area (Å²) in [5, 5.41) is 12.2. The second-order valence-corrected chi connectivity index (χ2v) is 11.7. The number of likely N-dealkylation sites (tertiary alicyclic amines) is 1. The average molecular weight is 623 g/mol. The third-order valence-electron chi connectivity index (χ3n) is 8.32. The van der Waals surface area contributed by atoms with Crippen LogP contribution in [-0.4, -0.2) is 102 Å². The van der Waals surface area contributed by atoms with E-state index in [-0.39, 0.29) is 41.7 Å². The van der Waals surface area contributed by atoms with Crippen LogP contribution in [0.15, 0.2) is 18.2 Å². The van der Waals surface area contributed by atoms with Crippen LogP contribution in [0.25, 0.3) is 0 Å². The van der Waals surface area contributed by atoms with Crippen LogP contribution in [0.2, 0.25) is 10.2 Å². The predicted molar refractivity (Wildman–Crippen MR) is 164 cm³/mol. The first-order valence-corrected chi connectivity index (χ1v) is 15.2. The highest BCUT2D eigenvalue weighted by Gasteiger charge is 2.35. The number of anilines is 2. The average Bonchev–Trinajstić information content (AvgIpc) is 3.00. The van der Waals surface area contributed by atoms with Gasteiger partial charge in [-0.3, -0.25) is 19.4 Å². The van der Waals surface area contributed by atoms with Crippen molar-refractivity contribution in [3.63, 3.8) is 0 Å². The molecular formula is C29H41Cl2N7O4. The van der Waals surface area contributed by atoms with Crippen LogP contribution in [-0.2, 0) is 16.1 Å². The van der Waals surface area contributed by atoms with Crippen LogP contribution in [0.3, 0.4) is 0 Å². The molecule has 3 heterocycles. The number of ether oxygens (including phenoxy) is 1. The van der Waals surface area contributed by atoms with E-state index in [0.717, 1.165) is 69.7 Å². The summed E-state index contributed by atoms with van der Waals surface area (Å²) >= 11 is 12.8. The van der Waals surface area contributed by atoms with Crippen molar-refractivity contribution < 1.29 is 19.4 Å². The second kappa shape index (κ2) is 14.7. The van der Waals surface area contributed by atoms with Crippen molar-refractivity contribution in [1.29, 1.82) is 0 Å². The van der Waals surface area contributed by atoms with Gasteiger partial charge in [0.15, 0.2) is 22.5 Å². The van der Waals surface area contributed by atoms with E-state index in [2.05, 4.69) is 36.9 Å². The lowest BCUT2D eigenvalue weighted by atomic mass is 9.94. The Hall–Kier alpha value is -2.70. The van der Waals surface area contributed by atoms with Crippen molar-refractivity contribution in [2.45, 2.75) is 57.7 Å². The van der Waals surface area contributed by atoms with Gasteiger partial charge in [0, 0.05) is 49.8 Å². The monoisotopic (exact) mass is 621 g/mol. The number of aliphatic hydroxyl groups excluding tert-OH is 1. The van der Waals surface area contributed by atoms with Gasteiger partial charge >= 0.3 is 5.97 Å².